The molecule has 126 valence electrons. The monoisotopic (exact) mass is 325 g/mol. The first kappa shape index (κ1) is 16.5. The standard InChI is InChI=1S/C19H23N3O2/c23-18-7-6-17(13-20-18)19(24)21-12-16-9-11-22(14-16)10-8-15-4-2-1-3-5-15/h1-7,13,16H,8-12,14H2,(H,20,23)(H,21,24). The summed E-state index contributed by atoms with van der Waals surface area (Å²) in [7, 11) is 0. The number of likely N-dealkylation sites (tertiary alicyclic amines) is 1. The summed E-state index contributed by atoms with van der Waals surface area (Å²) in [6.45, 7) is 3.86. The van der Waals surface area contributed by atoms with E-state index in [0.717, 1.165) is 32.5 Å². The van der Waals surface area contributed by atoms with Crippen LogP contribution in [0.5, 0.6) is 0 Å². The Kier molecular flexibility index (Phi) is 5.43. The zero-order valence-electron chi connectivity index (χ0n) is 13.7. The molecule has 0 radical (unpaired) electrons. The molecule has 1 aliphatic heterocycles. The lowest BCUT2D eigenvalue weighted by atomic mass is 10.1. The molecule has 1 aromatic carbocycles. The minimum atomic E-state index is -0.198. The fourth-order valence-electron chi connectivity index (χ4n) is 3.11. The van der Waals surface area contributed by atoms with Gasteiger partial charge in [0, 0.05) is 31.9 Å². The van der Waals surface area contributed by atoms with Crippen molar-refractivity contribution in [2.75, 3.05) is 26.2 Å². The molecule has 3 rings (SSSR count). The summed E-state index contributed by atoms with van der Waals surface area (Å²) in [5.41, 5.74) is 1.66. The number of hydrogen-bond acceptors (Lipinski definition) is 3. The molecule has 0 spiro atoms. The van der Waals surface area contributed by atoms with Gasteiger partial charge in [0.2, 0.25) is 5.56 Å². The Morgan fingerprint density at radius 3 is 2.79 bits per heavy atom. The zero-order valence-corrected chi connectivity index (χ0v) is 13.7. The van der Waals surface area contributed by atoms with Crippen molar-refractivity contribution < 1.29 is 4.79 Å². The van der Waals surface area contributed by atoms with E-state index in [-0.39, 0.29) is 11.5 Å². The van der Waals surface area contributed by atoms with Gasteiger partial charge in [-0.2, -0.15) is 0 Å². The summed E-state index contributed by atoms with van der Waals surface area (Å²) in [5.74, 6) is 0.362. The summed E-state index contributed by atoms with van der Waals surface area (Å²) in [4.78, 5) is 28.1. The van der Waals surface area contributed by atoms with Gasteiger partial charge in [-0.3, -0.25) is 9.59 Å². The molecule has 1 atom stereocenters. The first-order valence-electron chi connectivity index (χ1n) is 8.44. The summed E-state index contributed by atoms with van der Waals surface area (Å²) in [5, 5.41) is 2.97. The number of rotatable bonds is 6. The van der Waals surface area contributed by atoms with E-state index in [2.05, 4.69) is 39.5 Å². The second kappa shape index (κ2) is 7.93. The van der Waals surface area contributed by atoms with Crippen LogP contribution in [0.3, 0.4) is 0 Å². The molecular formula is C19H23N3O2. The molecule has 0 bridgehead atoms. The predicted molar refractivity (Wildman–Crippen MR) is 94.1 cm³/mol. The lowest BCUT2D eigenvalue weighted by molar-refractivity contribution is 0.0947. The molecule has 1 saturated heterocycles. The molecule has 24 heavy (non-hydrogen) atoms. The molecule has 0 saturated carbocycles. The number of H-pyrrole nitrogens is 1. The number of nitrogens with zero attached hydrogens (tertiary/aromatic N) is 1. The van der Waals surface area contributed by atoms with Crippen LogP contribution in [-0.4, -0.2) is 42.0 Å². The van der Waals surface area contributed by atoms with E-state index in [1.54, 1.807) is 6.07 Å². The van der Waals surface area contributed by atoms with Crippen molar-refractivity contribution in [1.82, 2.24) is 15.2 Å². The van der Waals surface area contributed by atoms with Crippen LogP contribution in [0, 0.1) is 5.92 Å². The van der Waals surface area contributed by atoms with Gasteiger partial charge in [0.1, 0.15) is 0 Å². The molecule has 2 aromatic rings. The molecule has 1 aromatic heterocycles. The largest absolute Gasteiger partial charge is 0.352 e. The summed E-state index contributed by atoms with van der Waals surface area (Å²) in [6, 6.07) is 13.4. The van der Waals surface area contributed by atoms with Crippen LogP contribution < -0.4 is 10.9 Å². The summed E-state index contributed by atoms with van der Waals surface area (Å²) in [6.07, 6.45) is 3.64. The van der Waals surface area contributed by atoms with E-state index in [1.807, 2.05) is 6.07 Å². The minimum Gasteiger partial charge on any atom is -0.352 e. The van der Waals surface area contributed by atoms with Crippen molar-refractivity contribution in [3.05, 3.63) is 70.1 Å². The lowest BCUT2D eigenvalue weighted by Crippen LogP contribution is -2.31. The Hall–Kier alpha value is -2.40. The van der Waals surface area contributed by atoms with Crippen LogP contribution >= 0.6 is 0 Å². The van der Waals surface area contributed by atoms with Crippen molar-refractivity contribution in [2.45, 2.75) is 12.8 Å². The van der Waals surface area contributed by atoms with E-state index in [9.17, 15) is 9.59 Å². The van der Waals surface area contributed by atoms with Crippen LogP contribution in [0.1, 0.15) is 22.3 Å². The quantitative estimate of drug-likeness (QED) is 0.849. The SMILES string of the molecule is O=C(NCC1CCN(CCc2ccccc2)C1)c1ccc(=O)[nH]c1. The third-order valence-electron chi connectivity index (χ3n) is 4.53. The molecule has 1 unspecified atom stereocenters. The van der Waals surface area contributed by atoms with E-state index in [0.29, 0.717) is 18.0 Å². The Balaban J connectivity index is 1.40. The minimum absolute atomic E-state index is 0.131. The average Bonchev–Trinajstić information content (AvgIpc) is 3.07. The van der Waals surface area contributed by atoms with Gasteiger partial charge in [-0.15, -0.1) is 0 Å². The number of hydrogen-bond donors (Lipinski definition) is 2. The van der Waals surface area contributed by atoms with Crippen LogP contribution in [0.2, 0.25) is 0 Å². The fourth-order valence-corrected chi connectivity index (χ4v) is 3.11. The van der Waals surface area contributed by atoms with Gasteiger partial charge >= 0.3 is 0 Å². The molecule has 2 heterocycles. The first-order valence-corrected chi connectivity index (χ1v) is 8.44. The number of pyridine rings is 1. The molecule has 0 aliphatic carbocycles. The topological polar surface area (TPSA) is 65.2 Å². The van der Waals surface area contributed by atoms with Crippen molar-refractivity contribution in [2.24, 2.45) is 5.92 Å². The molecule has 1 fully saturated rings. The highest BCUT2D eigenvalue weighted by atomic mass is 16.1. The highest BCUT2D eigenvalue weighted by Gasteiger charge is 2.22. The van der Waals surface area contributed by atoms with Gasteiger partial charge in [-0.25, -0.2) is 0 Å². The van der Waals surface area contributed by atoms with Gasteiger partial charge in [-0.1, -0.05) is 30.3 Å². The van der Waals surface area contributed by atoms with Crippen molar-refractivity contribution in [3.8, 4) is 0 Å². The summed E-state index contributed by atoms with van der Waals surface area (Å²) < 4.78 is 0. The normalized spacial score (nSPS) is 17.8. The second-order valence-corrected chi connectivity index (χ2v) is 6.34. The Labute approximate surface area is 141 Å². The number of carbonyl (C=O) groups excluding carboxylic acids is 1. The predicted octanol–water partition coefficient (Wildman–Crippen LogP) is 1.67. The third-order valence-corrected chi connectivity index (χ3v) is 4.53. The smallest absolute Gasteiger partial charge is 0.252 e. The van der Waals surface area contributed by atoms with E-state index in [4.69, 9.17) is 0 Å². The van der Waals surface area contributed by atoms with E-state index < -0.39 is 0 Å². The van der Waals surface area contributed by atoms with Crippen LogP contribution in [-0.2, 0) is 6.42 Å². The van der Waals surface area contributed by atoms with Gasteiger partial charge < -0.3 is 15.2 Å². The molecule has 5 nitrogen and oxygen atoms in total. The maximum atomic E-state index is 12.1. The number of nitrogens with one attached hydrogen (secondary N) is 2. The Bertz CT molecular complexity index is 706. The molecule has 5 heteroatoms. The van der Waals surface area contributed by atoms with Crippen LogP contribution in [0.15, 0.2) is 53.5 Å². The van der Waals surface area contributed by atoms with Crippen molar-refractivity contribution in [3.63, 3.8) is 0 Å². The highest BCUT2D eigenvalue weighted by molar-refractivity contribution is 5.93. The molecule has 1 aliphatic rings. The van der Waals surface area contributed by atoms with Crippen LogP contribution in [0.4, 0.5) is 0 Å². The Morgan fingerprint density at radius 1 is 1.21 bits per heavy atom. The van der Waals surface area contributed by atoms with Crippen LogP contribution in [0.25, 0.3) is 0 Å². The van der Waals surface area contributed by atoms with Gasteiger partial charge in [-0.05, 0) is 36.9 Å². The van der Waals surface area contributed by atoms with Gasteiger partial charge in [0.25, 0.3) is 5.91 Å². The summed E-state index contributed by atoms with van der Waals surface area (Å²) >= 11 is 0. The van der Waals surface area contributed by atoms with Gasteiger partial charge in [0.15, 0.2) is 0 Å². The van der Waals surface area contributed by atoms with E-state index >= 15 is 0 Å². The number of aromatic amines is 1. The second-order valence-electron chi connectivity index (χ2n) is 6.34. The fraction of sp³-hybridized carbons (Fsp3) is 0.368. The highest BCUT2D eigenvalue weighted by Crippen LogP contribution is 2.16. The van der Waals surface area contributed by atoms with Gasteiger partial charge in [0.05, 0.1) is 5.56 Å². The number of aromatic nitrogens is 1. The van der Waals surface area contributed by atoms with Crippen molar-refractivity contribution in [1.29, 1.82) is 0 Å². The third kappa shape index (κ3) is 4.55. The maximum Gasteiger partial charge on any atom is 0.252 e. The van der Waals surface area contributed by atoms with Crippen molar-refractivity contribution >= 4 is 5.91 Å². The first-order chi connectivity index (χ1) is 11.7. The molecular weight excluding hydrogens is 302 g/mol. The number of carbonyl (C=O) groups is 1. The lowest BCUT2D eigenvalue weighted by Gasteiger charge is -2.16. The molecule has 1 amide bonds. The Morgan fingerprint density at radius 2 is 2.04 bits per heavy atom. The number of amides is 1. The number of benzene rings is 1. The average molecular weight is 325 g/mol. The van der Waals surface area contributed by atoms with E-state index in [1.165, 1.54) is 17.8 Å². The zero-order chi connectivity index (χ0) is 16.8. The maximum absolute atomic E-state index is 12.1. The molecule has 2 N–H and O–H groups in total.